The van der Waals surface area contributed by atoms with E-state index >= 15 is 0 Å². The molecule has 150 valence electrons. The number of fused-ring (bicyclic) bond motifs is 1. The maximum Gasteiger partial charge on any atom is 0.345 e. The normalized spacial score (nSPS) is 10.8. The molecule has 0 aliphatic rings. The van der Waals surface area contributed by atoms with Crippen LogP contribution in [0.25, 0.3) is 21.9 Å². The summed E-state index contributed by atoms with van der Waals surface area (Å²) >= 11 is 6.12. The van der Waals surface area contributed by atoms with Crippen molar-refractivity contribution in [1.29, 1.82) is 0 Å². The maximum absolute atomic E-state index is 13.8. The van der Waals surface area contributed by atoms with Crippen LogP contribution in [-0.2, 0) is 0 Å². The van der Waals surface area contributed by atoms with Gasteiger partial charge in [-0.2, -0.15) is 0 Å². The fourth-order valence-electron chi connectivity index (χ4n) is 3.05. The molecule has 0 unspecified atom stereocenters. The molecule has 0 radical (unpaired) electrons. The number of amides is 2. The molecule has 0 saturated heterocycles. The molecule has 2 N–H and O–H groups in total. The third-order valence-corrected chi connectivity index (χ3v) is 4.60. The molecule has 0 aliphatic heterocycles. The Balaban J connectivity index is 1.80. The van der Waals surface area contributed by atoms with Gasteiger partial charge in [-0.25, -0.2) is 18.4 Å². The van der Waals surface area contributed by atoms with Crippen LogP contribution in [0.15, 0.2) is 75.9 Å². The van der Waals surface area contributed by atoms with E-state index in [0.29, 0.717) is 27.6 Å². The van der Waals surface area contributed by atoms with E-state index in [1.807, 2.05) is 6.07 Å². The smallest absolute Gasteiger partial charge is 0.345 e. The summed E-state index contributed by atoms with van der Waals surface area (Å²) in [6.45, 7) is 0. The SMILES string of the molecule is O=C(Nc1ccc(F)cc1F)Nc1oc(=O)c2ccc(Cl)cc2c1-c1ccccc1. The molecule has 0 fully saturated rings. The van der Waals surface area contributed by atoms with Crippen LogP contribution in [-0.4, -0.2) is 6.03 Å². The highest BCUT2D eigenvalue weighted by molar-refractivity contribution is 6.31. The molecule has 1 aromatic heterocycles. The van der Waals surface area contributed by atoms with Gasteiger partial charge in [-0.3, -0.25) is 5.32 Å². The number of hydrogen-bond acceptors (Lipinski definition) is 3. The Morgan fingerprint density at radius 1 is 0.900 bits per heavy atom. The Hall–Kier alpha value is -3.71. The zero-order valence-corrected chi connectivity index (χ0v) is 16.0. The fraction of sp³-hybridized carbons (Fsp3) is 0. The third-order valence-electron chi connectivity index (χ3n) is 4.36. The quantitative estimate of drug-likeness (QED) is 0.420. The van der Waals surface area contributed by atoms with Gasteiger partial charge in [-0.05, 0) is 35.9 Å². The first kappa shape index (κ1) is 19.6. The second-order valence-corrected chi connectivity index (χ2v) is 6.79. The van der Waals surface area contributed by atoms with Gasteiger partial charge in [0.15, 0.2) is 0 Å². The monoisotopic (exact) mass is 426 g/mol. The largest absolute Gasteiger partial charge is 0.405 e. The number of carbonyl (C=O) groups is 1. The summed E-state index contributed by atoms with van der Waals surface area (Å²) < 4.78 is 32.3. The first-order valence-electron chi connectivity index (χ1n) is 8.77. The van der Waals surface area contributed by atoms with Crippen molar-refractivity contribution in [1.82, 2.24) is 0 Å². The van der Waals surface area contributed by atoms with Crippen molar-refractivity contribution in [2.75, 3.05) is 10.6 Å². The van der Waals surface area contributed by atoms with E-state index in [0.717, 1.165) is 12.1 Å². The number of benzene rings is 3. The first-order valence-corrected chi connectivity index (χ1v) is 9.15. The van der Waals surface area contributed by atoms with Crippen LogP contribution in [0.5, 0.6) is 0 Å². The van der Waals surface area contributed by atoms with Crippen molar-refractivity contribution in [2.45, 2.75) is 0 Å². The lowest BCUT2D eigenvalue weighted by atomic mass is 10.0. The average Bonchev–Trinajstić information content (AvgIpc) is 2.71. The van der Waals surface area contributed by atoms with E-state index in [4.69, 9.17) is 16.0 Å². The molecule has 0 bridgehead atoms. The Kier molecular flexibility index (Phi) is 5.20. The average molecular weight is 427 g/mol. The number of carbonyl (C=O) groups excluding carboxylic acids is 1. The third kappa shape index (κ3) is 3.88. The molecule has 4 rings (SSSR count). The molecule has 2 amide bonds. The minimum atomic E-state index is -0.944. The minimum absolute atomic E-state index is 0.138. The lowest BCUT2D eigenvalue weighted by molar-refractivity contribution is 0.261. The van der Waals surface area contributed by atoms with Gasteiger partial charge in [0.2, 0.25) is 5.88 Å². The first-order chi connectivity index (χ1) is 14.4. The van der Waals surface area contributed by atoms with Gasteiger partial charge < -0.3 is 9.73 Å². The Labute approximate surface area is 173 Å². The summed E-state index contributed by atoms with van der Waals surface area (Å²) in [7, 11) is 0. The Morgan fingerprint density at radius 3 is 2.40 bits per heavy atom. The number of halogens is 3. The number of nitrogens with one attached hydrogen (secondary N) is 2. The van der Waals surface area contributed by atoms with Crippen molar-refractivity contribution < 1.29 is 18.0 Å². The van der Waals surface area contributed by atoms with Crippen molar-refractivity contribution >= 4 is 40.0 Å². The number of urea groups is 1. The van der Waals surface area contributed by atoms with Crippen LogP contribution in [0, 0.1) is 11.6 Å². The van der Waals surface area contributed by atoms with Crippen LogP contribution in [0.4, 0.5) is 25.1 Å². The maximum atomic E-state index is 13.8. The highest BCUT2D eigenvalue weighted by Gasteiger charge is 2.18. The molecule has 3 aromatic carbocycles. The number of rotatable bonds is 3. The Morgan fingerprint density at radius 2 is 1.67 bits per heavy atom. The molecule has 0 atom stereocenters. The lowest BCUT2D eigenvalue weighted by Gasteiger charge is -2.13. The zero-order valence-electron chi connectivity index (χ0n) is 15.2. The van der Waals surface area contributed by atoms with Crippen molar-refractivity contribution in [2.24, 2.45) is 0 Å². The molecule has 0 aliphatic carbocycles. The fourth-order valence-corrected chi connectivity index (χ4v) is 3.22. The molecular weight excluding hydrogens is 414 g/mol. The molecule has 0 spiro atoms. The van der Waals surface area contributed by atoms with E-state index in [-0.39, 0.29) is 17.0 Å². The molecule has 4 aromatic rings. The molecule has 8 heteroatoms. The van der Waals surface area contributed by atoms with E-state index in [1.165, 1.54) is 6.07 Å². The summed E-state index contributed by atoms with van der Waals surface area (Å²) in [4.78, 5) is 24.9. The van der Waals surface area contributed by atoms with Gasteiger partial charge in [0.25, 0.3) is 0 Å². The summed E-state index contributed by atoms with van der Waals surface area (Å²) in [6, 6.07) is 15.5. The molecule has 5 nitrogen and oxygen atoms in total. The molecule has 30 heavy (non-hydrogen) atoms. The topological polar surface area (TPSA) is 71.3 Å². The summed E-state index contributed by atoms with van der Waals surface area (Å²) in [5, 5.41) is 5.86. The van der Waals surface area contributed by atoms with Crippen LogP contribution in [0.2, 0.25) is 5.02 Å². The Bertz CT molecular complexity index is 1320. The molecule has 1 heterocycles. The predicted octanol–water partition coefficient (Wildman–Crippen LogP) is 6.04. The van der Waals surface area contributed by atoms with Gasteiger partial charge in [-0.1, -0.05) is 41.9 Å². The standard InChI is InChI=1S/C22H13ClF2N2O3/c23-13-6-8-15-16(10-13)19(12-4-2-1-3-5-12)20(30-21(15)28)27-22(29)26-18-9-7-14(24)11-17(18)25/h1-11H,(H2,26,27,29). The lowest BCUT2D eigenvalue weighted by Crippen LogP contribution is -2.21. The van der Waals surface area contributed by atoms with Gasteiger partial charge >= 0.3 is 11.7 Å². The van der Waals surface area contributed by atoms with Gasteiger partial charge in [0.1, 0.15) is 11.6 Å². The van der Waals surface area contributed by atoms with Crippen LogP contribution in [0.3, 0.4) is 0 Å². The van der Waals surface area contributed by atoms with Gasteiger partial charge in [-0.15, -0.1) is 0 Å². The van der Waals surface area contributed by atoms with E-state index in [2.05, 4.69) is 10.6 Å². The molecule has 0 saturated carbocycles. The van der Waals surface area contributed by atoms with Gasteiger partial charge in [0, 0.05) is 16.5 Å². The van der Waals surface area contributed by atoms with Crippen LogP contribution >= 0.6 is 11.6 Å². The predicted molar refractivity (Wildman–Crippen MR) is 112 cm³/mol. The second kappa shape index (κ2) is 7.96. The summed E-state index contributed by atoms with van der Waals surface area (Å²) in [6.07, 6.45) is 0. The van der Waals surface area contributed by atoms with Gasteiger partial charge in [0.05, 0.1) is 16.6 Å². The van der Waals surface area contributed by atoms with Crippen molar-refractivity contribution in [3.8, 4) is 11.1 Å². The van der Waals surface area contributed by atoms with E-state index < -0.39 is 23.3 Å². The molecular formula is C22H13ClF2N2O3. The summed E-state index contributed by atoms with van der Waals surface area (Å²) in [5.41, 5.74) is 0.185. The zero-order chi connectivity index (χ0) is 21.3. The van der Waals surface area contributed by atoms with E-state index in [9.17, 15) is 18.4 Å². The highest BCUT2D eigenvalue weighted by atomic mass is 35.5. The number of anilines is 2. The van der Waals surface area contributed by atoms with Crippen LogP contribution < -0.4 is 16.3 Å². The van der Waals surface area contributed by atoms with Crippen LogP contribution in [0.1, 0.15) is 0 Å². The minimum Gasteiger partial charge on any atom is -0.405 e. The van der Waals surface area contributed by atoms with E-state index in [1.54, 1.807) is 36.4 Å². The van der Waals surface area contributed by atoms with Crippen molar-refractivity contribution in [3.05, 3.63) is 93.8 Å². The highest BCUT2D eigenvalue weighted by Crippen LogP contribution is 2.35. The van der Waals surface area contributed by atoms with Crippen molar-refractivity contribution in [3.63, 3.8) is 0 Å². The number of hydrogen-bond donors (Lipinski definition) is 2. The summed E-state index contributed by atoms with van der Waals surface area (Å²) in [5.74, 6) is -1.86. The second-order valence-electron chi connectivity index (χ2n) is 6.35.